The first kappa shape index (κ1) is 14.0. The van der Waals surface area contributed by atoms with Crippen molar-refractivity contribution in [3.05, 3.63) is 29.4 Å². The summed E-state index contributed by atoms with van der Waals surface area (Å²) in [5.74, 6) is 1.83. The van der Waals surface area contributed by atoms with Crippen molar-refractivity contribution in [3.63, 3.8) is 0 Å². The number of hydrogen-bond acceptors (Lipinski definition) is 6. The zero-order valence-corrected chi connectivity index (χ0v) is 11.7. The van der Waals surface area contributed by atoms with Crippen LogP contribution in [0, 0.1) is 13.8 Å². The standard InChI is InChI=1S/C13H17N5O2/c1-4-5-14-11-7-10(15-9(3)16-11)13(19)17-12-6-8(2)20-18-12/h6-7H,4-5H2,1-3H3,(H,14,15,16)(H,17,18,19). The Morgan fingerprint density at radius 2 is 2.05 bits per heavy atom. The molecule has 0 aromatic carbocycles. The molecule has 0 radical (unpaired) electrons. The normalized spacial score (nSPS) is 10.3. The number of nitrogens with one attached hydrogen (secondary N) is 2. The van der Waals surface area contributed by atoms with Gasteiger partial charge in [0.05, 0.1) is 0 Å². The number of amides is 1. The Kier molecular flexibility index (Phi) is 4.29. The van der Waals surface area contributed by atoms with Gasteiger partial charge in [-0.2, -0.15) is 0 Å². The third-order valence-corrected chi connectivity index (χ3v) is 2.50. The van der Waals surface area contributed by atoms with E-state index in [-0.39, 0.29) is 11.6 Å². The Hall–Kier alpha value is -2.44. The highest BCUT2D eigenvalue weighted by Gasteiger charge is 2.12. The van der Waals surface area contributed by atoms with E-state index in [0.29, 0.717) is 23.2 Å². The van der Waals surface area contributed by atoms with E-state index in [1.165, 1.54) is 0 Å². The molecular formula is C13H17N5O2. The van der Waals surface area contributed by atoms with E-state index in [4.69, 9.17) is 4.52 Å². The maximum Gasteiger partial charge on any atom is 0.275 e. The van der Waals surface area contributed by atoms with Crippen LogP contribution in [0.2, 0.25) is 0 Å². The zero-order chi connectivity index (χ0) is 14.5. The summed E-state index contributed by atoms with van der Waals surface area (Å²) < 4.78 is 4.89. The molecule has 2 aromatic rings. The van der Waals surface area contributed by atoms with Crippen molar-refractivity contribution in [2.45, 2.75) is 27.2 Å². The fourth-order valence-corrected chi connectivity index (χ4v) is 1.63. The van der Waals surface area contributed by atoms with Crippen molar-refractivity contribution >= 4 is 17.5 Å². The van der Waals surface area contributed by atoms with Crippen molar-refractivity contribution in [2.75, 3.05) is 17.2 Å². The van der Waals surface area contributed by atoms with Crippen LogP contribution in [0.3, 0.4) is 0 Å². The molecule has 2 N–H and O–H groups in total. The van der Waals surface area contributed by atoms with Gasteiger partial charge in [0.2, 0.25) is 0 Å². The van der Waals surface area contributed by atoms with E-state index < -0.39 is 0 Å². The lowest BCUT2D eigenvalue weighted by molar-refractivity contribution is 0.102. The molecule has 0 aliphatic rings. The summed E-state index contributed by atoms with van der Waals surface area (Å²) in [5, 5.41) is 9.47. The lowest BCUT2D eigenvalue weighted by atomic mass is 10.3. The average Bonchev–Trinajstić information content (AvgIpc) is 2.81. The van der Waals surface area contributed by atoms with Crippen LogP contribution < -0.4 is 10.6 Å². The second-order valence-corrected chi connectivity index (χ2v) is 4.39. The quantitative estimate of drug-likeness (QED) is 0.868. The smallest absolute Gasteiger partial charge is 0.275 e. The molecule has 7 heteroatoms. The molecule has 2 aromatic heterocycles. The Bertz CT molecular complexity index is 609. The van der Waals surface area contributed by atoms with Crippen LogP contribution in [-0.2, 0) is 0 Å². The zero-order valence-electron chi connectivity index (χ0n) is 11.7. The minimum Gasteiger partial charge on any atom is -0.370 e. The maximum absolute atomic E-state index is 12.1. The number of anilines is 2. The van der Waals surface area contributed by atoms with Crippen LogP contribution in [0.15, 0.2) is 16.7 Å². The van der Waals surface area contributed by atoms with Crippen LogP contribution in [0.4, 0.5) is 11.6 Å². The van der Waals surface area contributed by atoms with E-state index in [1.54, 1.807) is 26.0 Å². The first-order chi connectivity index (χ1) is 9.58. The van der Waals surface area contributed by atoms with Crippen molar-refractivity contribution in [1.82, 2.24) is 15.1 Å². The van der Waals surface area contributed by atoms with Crippen LogP contribution in [0.1, 0.15) is 35.4 Å². The fraction of sp³-hybridized carbons (Fsp3) is 0.385. The maximum atomic E-state index is 12.1. The van der Waals surface area contributed by atoms with Gasteiger partial charge in [0.1, 0.15) is 23.1 Å². The van der Waals surface area contributed by atoms with Crippen molar-refractivity contribution in [2.24, 2.45) is 0 Å². The molecule has 0 spiro atoms. The molecule has 0 unspecified atom stereocenters. The van der Waals surface area contributed by atoms with Gasteiger partial charge in [-0.05, 0) is 20.3 Å². The van der Waals surface area contributed by atoms with E-state index in [0.717, 1.165) is 13.0 Å². The Morgan fingerprint density at radius 3 is 2.70 bits per heavy atom. The fourth-order valence-electron chi connectivity index (χ4n) is 1.63. The Labute approximate surface area is 116 Å². The second kappa shape index (κ2) is 6.14. The van der Waals surface area contributed by atoms with Gasteiger partial charge < -0.3 is 15.2 Å². The topological polar surface area (TPSA) is 92.9 Å². The Balaban J connectivity index is 2.14. The Morgan fingerprint density at radius 1 is 1.25 bits per heavy atom. The van der Waals surface area contributed by atoms with Gasteiger partial charge in [0.25, 0.3) is 5.91 Å². The number of aryl methyl sites for hydroxylation is 2. The third kappa shape index (κ3) is 3.53. The molecule has 0 saturated carbocycles. The van der Waals surface area contributed by atoms with E-state index in [1.807, 2.05) is 0 Å². The molecule has 106 valence electrons. The molecule has 20 heavy (non-hydrogen) atoms. The SMILES string of the molecule is CCCNc1cc(C(=O)Nc2cc(C)on2)nc(C)n1. The van der Waals surface area contributed by atoms with E-state index >= 15 is 0 Å². The van der Waals surface area contributed by atoms with Crippen LogP contribution in [0.5, 0.6) is 0 Å². The number of carbonyl (C=O) groups is 1. The highest BCUT2D eigenvalue weighted by Crippen LogP contribution is 2.11. The largest absolute Gasteiger partial charge is 0.370 e. The summed E-state index contributed by atoms with van der Waals surface area (Å²) in [6, 6.07) is 3.26. The van der Waals surface area contributed by atoms with Gasteiger partial charge in [0, 0.05) is 18.7 Å². The van der Waals surface area contributed by atoms with Gasteiger partial charge in [-0.25, -0.2) is 9.97 Å². The highest BCUT2D eigenvalue weighted by atomic mass is 16.5. The summed E-state index contributed by atoms with van der Waals surface area (Å²) in [6.07, 6.45) is 0.975. The second-order valence-electron chi connectivity index (χ2n) is 4.39. The molecule has 2 rings (SSSR count). The summed E-state index contributed by atoms with van der Waals surface area (Å²) >= 11 is 0. The highest BCUT2D eigenvalue weighted by molar-refractivity contribution is 6.02. The molecule has 2 heterocycles. The van der Waals surface area contributed by atoms with Crippen molar-refractivity contribution in [1.29, 1.82) is 0 Å². The molecule has 1 amide bonds. The lowest BCUT2D eigenvalue weighted by Gasteiger charge is -2.07. The van der Waals surface area contributed by atoms with Gasteiger partial charge >= 0.3 is 0 Å². The lowest BCUT2D eigenvalue weighted by Crippen LogP contribution is -2.16. The van der Waals surface area contributed by atoms with Gasteiger partial charge in [-0.1, -0.05) is 12.1 Å². The number of carbonyl (C=O) groups excluding carboxylic acids is 1. The van der Waals surface area contributed by atoms with Crippen LogP contribution in [0.25, 0.3) is 0 Å². The number of aromatic nitrogens is 3. The van der Waals surface area contributed by atoms with E-state index in [9.17, 15) is 4.79 Å². The molecule has 0 saturated heterocycles. The monoisotopic (exact) mass is 275 g/mol. The molecule has 0 bridgehead atoms. The summed E-state index contributed by atoms with van der Waals surface area (Å²) in [7, 11) is 0. The van der Waals surface area contributed by atoms with Crippen LogP contribution >= 0.6 is 0 Å². The summed E-state index contributed by atoms with van der Waals surface area (Å²) in [5.41, 5.74) is 0.289. The molecule has 0 fully saturated rings. The summed E-state index contributed by atoms with van der Waals surface area (Å²) in [6.45, 7) is 6.35. The van der Waals surface area contributed by atoms with E-state index in [2.05, 4.69) is 32.7 Å². The van der Waals surface area contributed by atoms with Crippen molar-refractivity contribution < 1.29 is 9.32 Å². The molecule has 0 aliphatic carbocycles. The predicted molar refractivity (Wildman–Crippen MR) is 74.7 cm³/mol. The van der Waals surface area contributed by atoms with Gasteiger partial charge in [0.15, 0.2) is 5.82 Å². The van der Waals surface area contributed by atoms with Crippen molar-refractivity contribution in [3.8, 4) is 0 Å². The first-order valence-corrected chi connectivity index (χ1v) is 6.42. The minimum atomic E-state index is -0.344. The molecule has 7 nitrogen and oxygen atoms in total. The number of nitrogens with zero attached hydrogens (tertiary/aromatic N) is 3. The number of rotatable bonds is 5. The number of hydrogen-bond donors (Lipinski definition) is 2. The van der Waals surface area contributed by atoms with Gasteiger partial charge in [-0.3, -0.25) is 4.79 Å². The summed E-state index contributed by atoms with van der Waals surface area (Å²) in [4.78, 5) is 20.4. The molecular weight excluding hydrogens is 258 g/mol. The minimum absolute atomic E-state index is 0.289. The molecule has 0 aliphatic heterocycles. The predicted octanol–water partition coefficient (Wildman–Crippen LogP) is 2.16. The van der Waals surface area contributed by atoms with Gasteiger partial charge in [-0.15, -0.1) is 0 Å². The molecule has 0 atom stereocenters. The first-order valence-electron chi connectivity index (χ1n) is 6.42. The van der Waals surface area contributed by atoms with Crippen LogP contribution in [-0.4, -0.2) is 27.6 Å². The third-order valence-electron chi connectivity index (χ3n) is 2.50. The average molecular weight is 275 g/mol.